The first kappa shape index (κ1) is 23.4. The van der Waals surface area contributed by atoms with Gasteiger partial charge in [-0.3, -0.25) is 9.13 Å². The molecular weight excluding hydrogens is 470 g/mol. The number of fused-ring (bicyclic) bond motifs is 1. The molecule has 30 heavy (non-hydrogen) atoms. The highest BCUT2D eigenvalue weighted by atomic mass is 31.3. The van der Waals surface area contributed by atoms with Gasteiger partial charge in [0.15, 0.2) is 17.7 Å². The van der Waals surface area contributed by atoms with E-state index in [4.69, 9.17) is 24.8 Å². The summed E-state index contributed by atoms with van der Waals surface area (Å²) in [7, 11) is -14.3. The summed E-state index contributed by atoms with van der Waals surface area (Å²) in [5.74, 6) is 0.140. The van der Waals surface area contributed by atoms with Gasteiger partial charge in [-0.05, 0) is 0 Å². The molecule has 0 amide bonds. The van der Waals surface area contributed by atoms with Gasteiger partial charge in [0.2, 0.25) is 0 Å². The van der Waals surface area contributed by atoms with E-state index in [1.165, 1.54) is 17.2 Å². The van der Waals surface area contributed by atoms with Crippen LogP contribution in [0.15, 0.2) is 12.7 Å². The van der Waals surface area contributed by atoms with Crippen LogP contribution < -0.4 is 5.73 Å². The van der Waals surface area contributed by atoms with Crippen molar-refractivity contribution in [1.82, 2.24) is 19.5 Å². The minimum Gasteiger partial charge on any atom is -0.388 e. The van der Waals surface area contributed by atoms with Crippen LogP contribution >= 0.6 is 23.1 Å². The van der Waals surface area contributed by atoms with Crippen molar-refractivity contribution in [3.05, 3.63) is 12.7 Å². The number of imidazole rings is 1. The Hall–Kier alpha value is -1.22. The molecule has 1 saturated heterocycles. The van der Waals surface area contributed by atoms with Crippen LogP contribution in [0.1, 0.15) is 12.6 Å². The molecule has 1 aliphatic rings. The van der Waals surface area contributed by atoms with Crippen molar-refractivity contribution in [1.29, 1.82) is 0 Å². The fourth-order valence-corrected chi connectivity index (χ4v) is 6.31. The molecule has 0 aromatic carbocycles. The lowest BCUT2D eigenvalue weighted by atomic mass is 10.2. The van der Waals surface area contributed by atoms with Crippen molar-refractivity contribution in [2.24, 2.45) is 0 Å². The van der Waals surface area contributed by atoms with E-state index >= 15 is 0 Å². The van der Waals surface area contributed by atoms with Crippen LogP contribution in [0.25, 0.3) is 11.2 Å². The van der Waals surface area contributed by atoms with E-state index in [0.717, 1.165) is 7.57 Å². The van der Waals surface area contributed by atoms with Crippen molar-refractivity contribution >= 4 is 47.7 Å². The topological polar surface area (TPSA) is 239 Å². The number of aliphatic hydroxyl groups excluding tert-OH is 1. The zero-order chi connectivity index (χ0) is 22.3. The number of nitrogen functional groups attached to an aromatic ring is 1. The average molecular weight is 487 g/mol. The summed E-state index contributed by atoms with van der Waals surface area (Å²) in [5.41, 5.74) is 6.34. The molecule has 3 rings (SSSR count). The maximum Gasteiger partial charge on any atom is 0.487 e. The molecular formula is C10H17BN5O11P3. The summed E-state index contributed by atoms with van der Waals surface area (Å²) in [6, 6.07) is 0. The van der Waals surface area contributed by atoms with Gasteiger partial charge in [0.25, 0.3) is 15.0 Å². The van der Waals surface area contributed by atoms with Gasteiger partial charge in [0, 0.05) is 6.42 Å². The Morgan fingerprint density at radius 3 is 2.60 bits per heavy atom. The molecule has 0 radical (unpaired) electrons. The maximum absolute atomic E-state index is 12.2. The van der Waals surface area contributed by atoms with E-state index in [0.29, 0.717) is 11.2 Å². The first-order valence-electron chi connectivity index (χ1n) is 8.06. The molecule has 16 nitrogen and oxygen atoms in total. The van der Waals surface area contributed by atoms with Crippen LogP contribution in [0.4, 0.5) is 5.82 Å². The standard InChI is InChI=1S/C10H17BN5O11P3/c11-28(18,26-30(22,23)27-29(19,20)21)24-2-5-1-6(17)10(25-5)16-4-15-7-8(12)13-3-14-9(7)16/h3-6,10,17H,1-2,11H2,(H,22,23)(H2,12,13,14)(H2,19,20,21). The number of hydrogen-bond donors (Lipinski definition) is 5. The lowest BCUT2D eigenvalue weighted by molar-refractivity contribution is -0.0461. The molecule has 0 bridgehead atoms. The van der Waals surface area contributed by atoms with Gasteiger partial charge >= 0.3 is 15.6 Å². The van der Waals surface area contributed by atoms with Gasteiger partial charge in [0.1, 0.15) is 17.9 Å². The number of aromatic nitrogens is 4. The zero-order valence-electron chi connectivity index (χ0n) is 15.2. The lowest BCUT2D eigenvalue weighted by Gasteiger charge is -2.20. The molecule has 20 heteroatoms. The Morgan fingerprint density at radius 2 is 1.93 bits per heavy atom. The van der Waals surface area contributed by atoms with Crippen LogP contribution in [0.3, 0.4) is 0 Å². The highest BCUT2D eigenvalue weighted by molar-refractivity contribution is 7.84. The van der Waals surface area contributed by atoms with Crippen molar-refractivity contribution in [2.45, 2.75) is 24.9 Å². The van der Waals surface area contributed by atoms with E-state index < -0.39 is 48.2 Å². The molecule has 5 atom stereocenters. The molecule has 1 aliphatic heterocycles. The summed E-state index contributed by atoms with van der Waals surface area (Å²) in [6.07, 6.45) is -0.194. The van der Waals surface area contributed by atoms with E-state index in [-0.39, 0.29) is 12.2 Å². The second-order valence-electron chi connectivity index (χ2n) is 6.22. The molecule has 2 aromatic rings. The van der Waals surface area contributed by atoms with E-state index in [2.05, 4.69) is 23.6 Å². The normalized spacial score (nSPS) is 26.5. The minimum atomic E-state index is -5.38. The predicted molar refractivity (Wildman–Crippen MR) is 100 cm³/mol. The van der Waals surface area contributed by atoms with Gasteiger partial charge in [0.05, 0.1) is 19.0 Å². The van der Waals surface area contributed by atoms with Crippen LogP contribution in [0.2, 0.25) is 0 Å². The quantitative estimate of drug-likeness (QED) is 0.223. The van der Waals surface area contributed by atoms with Crippen LogP contribution in [-0.4, -0.2) is 65.7 Å². The number of phosphoric acid groups is 2. The van der Waals surface area contributed by atoms with Crippen LogP contribution in [-0.2, 0) is 31.6 Å². The van der Waals surface area contributed by atoms with Crippen molar-refractivity contribution in [3.8, 4) is 0 Å². The molecule has 5 unspecified atom stereocenters. The molecule has 0 aliphatic carbocycles. The van der Waals surface area contributed by atoms with E-state index in [9.17, 15) is 23.7 Å². The fraction of sp³-hybridized carbons (Fsp3) is 0.500. The molecule has 1 fully saturated rings. The van der Waals surface area contributed by atoms with Gasteiger partial charge in [-0.15, -0.1) is 0 Å². The van der Waals surface area contributed by atoms with Gasteiger partial charge in [-0.2, -0.15) is 4.31 Å². The highest BCUT2D eigenvalue weighted by Gasteiger charge is 2.41. The van der Waals surface area contributed by atoms with Crippen molar-refractivity contribution < 1.29 is 51.4 Å². The first-order chi connectivity index (χ1) is 13.8. The second-order valence-corrected chi connectivity index (χ2v) is 11.2. The maximum atomic E-state index is 12.2. The minimum absolute atomic E-state index is 0.0284. The Balaban J connectivity index is 1.63. The highest BCUT2D eigenvalue weighted by Crippen LogP contribution is 2.66. The summed E-state index contributed by atoms with van der Waals surface area (Å²) in [4.78, 5) is 38.3. The van der Waals surface area contributed by atoms with Gasteiger partial charge in [-0.25, -0.2) is 28.4 Å². The summed E-state index contributed by atoms with van der Waals surface area (Å²) >= 11 is 0. The average Bonchev–Trinajstić information content (AvgIpc) is 3.13. The van der Waals surface area contributed by atoms with E-state index in [1.807, 2.05) is 0 Å². The Labute approximate surface area is 169 Å². The Bertz CT molecular complexity index is 1080. The van der Waals surface area contributed by atoms with Gasteiger partial charge in [-0.1, -0.05) is 0 Å². The number of rotatable bonds is 8. The largest absolute Gasteiger partial charge is 0.487 e. The van der Waals surface area contributed by atoms with Crippen LogP contribution in [0, 0.1) is 0 Å². The summed E-state index contributed by atoms with van der Waals surface area (Å²) in [6.45, 7) is -0.443. The third-order valence-corrected chi connectivity index (χ3v) is 8.09. The van der Waals surface area contributed by atoms with Crippen molar-refractivity contribution in [3.63, 3.8) is 0 Å². The number of nitrogens with two attached hydrogens (primary N) is 1. The molecule has 166 valence electrons. The van der Waals surface area contributed by atoms with Crippen LogP contribution in [0.5, 0.6) is 0 Å². The molecule has 0 spiro atoms. The Morgan fingerprint density at radius 1 is 1.23 bits per heavy atom. The second kappa shape index (κ2) is 8.38. The number of anilines is 1. The molecule has 6 N–H and O–H groups in total. The number of aliphatic hydroxyl groups is 1. The zero-order valence-corrected chi connectivity index (χ0v) is 17.8. The molecule has 2 aromatic heterocycles. The number of ether oxygens (including phenoxy) is 1. The summed E-state index contributed by atoms with van der Waals surface area (Å²) < 4.78 is 54.2. The molecule has 0 saturated carbocycles. The third-order valence-electron chi connectivity index (χ3n) is 3.78. The van der Waals surface area contributed by atoms with E-state index in [1.54, 1.807) is 0 Å². The molecule has 3 heterocycles. The smallest absolute Gasteiger partial charge is 0.388 e. The number of hydrogen-bond acceptors (Lipinski definition) is 12. The number of nitrogens with zero attached hydrogens (tertiary/aromatic N) is 4. The summed E-state index contributed by atoms with van der Waals surface area (Å²) in [5, 5.41) is 10.3. The monoisotopic (exact) mass is 487 g/mol. The van der Waals surface area contributed by atoms with Crippen molar-refractivity contribution in [2.75, 3.05) is 12.3 Å². The third kappa shape index (κ3) is 5.72. The fourth-order valence-electron chi connectivity index (χ4n) is 2.72. The van der Waals surface area contributed by atoms with Gasteiger partial charge < -0.3 is 34.8 Å². The first-order valence-corrected chi connectivity index (χ1v) is 13.1. The lowest BCUT2D eigenvalue weighted by Crippen LogP contribution is -2.19. The SMILES string of the molecule is BP(=O)(OCC1CC(O)C(n2cnc3c(N)ncnc32)O1)OP(=O)(O)OP(=O)(O)O. The predicted octanol–water partition coefficient (Wildman–Crippen LogP) is -0.959. The Kier molecular flexibility index (Phi) is 6.55.